The van der Waals surface area contributed by atoms with Crippen LogP contribution >= 0.6 is 0 Å². The molecule has 1 saturated heterocycles. The zero-order valence-electron chi connectivity index (χ0n) is 11.6. The van der Waals surface area contributed by atoms with Crippen LogP contribution in [0.1, 0.15) is 47.0 Å². The molecule has 1 fully saturated rings. The first-order valence-electron chi connectivity index (χ1n) is 7.04. The number of likely N-dealkylation sites (tertiary alicyclic amines) is 1. The van der Waals surface area contributed by atoms with Crippen LogP contribution in [0.2, 0.25) is 0 Å². The van der Waals surface area contributed by atoms with Crippen molar-refractivity contribution in [3.8, 4) is 0 Å². The lowest BCUT2D eigenvalue weighted by atomic mass is 9.94. The summed E-state index contributed by atoms with van der Waals surface area (Å²) in [5.41, 5.74) is 0. The fourth-order valence-corrected chi connectivity index (χ4v) is 2.50. The third-order valence-corrected chi connectivity index (χ3v) is 3.56. The second-order valence-electron chi connectivity index (χ2n) is 5.98. The molecule has 96 valence electrons. The second-order valence-corrected chi connectivity index (χ2v) is 5.98. The standard InChI is InChI=1S/C14H30N2/c1-12(2)10-15-8-7-14-6-5-9-16(11-14)13(3)4/h12-15H,5-11H2,1-4H3. The first-order chi connectivity index (χ1) is 7.59. The zero-order chi connectivity index (χ0) is 12.0. The largest absolute Gasteiger partial charge is 0.316 e. The van der Waals surface area contributed by atoms with E-state index in [0.717, 1.165) is 17.9 Å². The van der Waals surface area contributed by atoms with Crippen LogP contribution < -0.4 is 5.32 Å². The molecule has 1 atom stereocenters. The summed E-state index contributed by atoms with van der Waals surface area (Å²) in [4.78, 5) is 2.64. The molecule has 1 unspecified atom stereocenters. The Kier molecular flexibility index (Phi) is 6.37. The summed E-state index contributed by atoms with van der Waals surface area (Å²) in [6, 6.07) is 0.728. The normalized spacial score (nSPS) is 23.2. The Morgan fingerprint density at radius 1 is 1.25 bits per heavy atom. The van der Waals surface area contributed by atoms with E-state index in [1.165, 1.54) is 45.4 Å². The Balaban J connectivity index is 2.12. The predicted octanol–water partition coefficient (Wildman–Crippen LogP) is 2.74. The van der Waals surface area contributed by atoms with Crippen molar-refractivity contribution in [1.82, 2.24) is 10.2 Å². The van der Waals surface area contributed by atoms with E-state index in [2.05, 4.69) is 37.9 Å². The van der Waals surface area contributed by atoms with Crippen LogP contribution in [0.5, 0.6) is 0 Å². The van der Waals surface area contributed by atoms with Crippen LogP contribution in [0.25, 0.3) is 0 Å². The molecule has 2 nitrogen and oxygen atoms in total. The molecule has 16 heavy (non-hydrogen) atoms. The van der Waals surface area contributed by atoms with Gasteiger partial charge in [0.2, 0.25) is 0 Å². The van der Waals surface area contributed by atoms with Crippen LogP contribution in [0.3, 0.4) is 0 Å². The molecule has 0 amide bonds. The van der Waals surface area contributed by atoms with Gasteiger partial charge in [0.15, 0.2) is 0 Å². The molecule has 0 saturated carbocycles. The van der Waals surface area contributed by atoms with Crippen molar-refractivity contribution in [2.45, 2.75) is 53.0 Å². The van der Waals surface area contributed by atoms with Crippen LogP contribution in [-0.4, -0.2) is 37.1 Å². The Morgan fingerprint density at radius 3 is 2.62 bits per heavy atom. The predicted molar refractivity (Wildman–Crippen MR) is 71.8 cm³/mol. The van der Waals surface area contributed by atoms with Crippen molar-refractivity contribution in [1.29, 1.82) is 0 Å². The van der Waals surface area contributed by atoms with Crippen LogP contribution in [-0.2, 0) is 0 Å². The molecule has 0 aromatic heterocycles. The number of rotatable bonds is 6. The van der Waals surface area contributed by atoms with Gasteiger partial charge in [-0.3, -0.25) is 0 Å². The molecule has 1 aliphatic rings. The van der Waals surface area contributed by atoms with E-state index in [-0.39, 0.29) is 0 Å². The van der Waals surface area contributed by atoms with E-state index in [0.29, 0.717) is 0 Å². The van der Waals surface area contributed by atoms with Crippen LogP contribution in [0.15, 0.2) is 0 Å². The van der Waals surface area contributed by atoms with Gasteiger partial charge in [-0.05, 0) is 64.6 Å². The number of piperidine rings is 1. The van der Waals surface area contributed by atoms with Gasteiger partial charge < -0.3 is 10.2 Å². The van der Waals surface area contributed by atoms with Gasteiger partial charge in [0.25, 0.3) is 0 Å². The first kappa shape index (κ1) is 14.0. The number of nitrogens with one attached hydrogen (secondary N) is 1. The average Bonchev–Trinajstić information content (AvgIpc) is 2.24. The van der Waals surface area contributed by atoms with Gasteiger partial charge in [0, 0.05) is 12.6 Å². The zero-order valence-corrected chi connectivity index (χ0v) is 11.6. The average molecular weight is 226 g/mol. The smallest absolute Gasteiger partial charge is 0.00387 e. The van der Waals surface area contributed by atoms with Gasteiger partial charge in [-0.25, -0.2) is 0 Å². The van der Waals surface area contributed by atoms with Gasteiger partial charge in [-0.2, -0.15) is 0 Å². The highest BCUT2D eigenvalue weighted by Gasteiger charge is 2.20. The minimum Gasteiger partial charge on any atom is -0.316 e. The second kappa shape index (κ2) is 7.29. The third-order valence-electron chi connectivity index (χ3n) is 3.56. The van der Waals surface area contributed by atoms with Crippen molar-refractivity contribution in [3.63, 3.8) is 0 Å². The lowest BCUT2D eigenvalue weighted by Crippen LogP contribution is -2.40. The maximum absolute atomic E-state index is 3.56. The number of hydrogen-bond acceptors (Lipinski definition) is 2. The van der Waals surface area contributed by atoms with Gasteiger partial charge in [0.05, 0.1) is 0 Å². The van der Waals surface area contributed by atoms with Gasteiger partial charge in [0.1, 0.15) is 0 Å². The fourth-order valence-electron chi connectivity index (χ4n) is 2.50. The van der Waals surface area contributed by atoms with E-state index in [1.54, 1.807) is 0 Å². The van der Waals surface area contributed by atoms with Crippen molar-refractivity contribution in [3.05, 3.63) is 0 Å². The van der Waals surface area contributed by atoms with Gasteiger partial charge >= 0.3 is 0 Å². The molecular formula is C14H30N2. The van der Waals surface area contributed by atoms with Crippen molar-refractivity contribution >= 4 is 0 Å². The molecule has 0 aromatic carbocycles. The maximum atomic E-state index is 3.56. The van der Waals surface area contributed by atoms with E-state index in [4.69, 9.17) is 0 Å². The Labute approximate surface area is 102 Å². The summed E-state index contributed by atoms with van der Waals surface area (Å²) in [7, 11) is 0. The molecule has 1 N–H and O–H groups in total. The molecule has 2 heteroatoms. The van der Waals surface area contributed by atoms with E-state index < -0.39 is 0 Å². The number of nitrogens with zero attached hydrogens (tertiary/aromatic N) is 1. The van der Waals surface area contributed by atoms with Gasteiger partial charge in [-0.1, -0.05) is 13.8 Å². The summed E-state index contributed by atoms with van der Waals surface area (Å²) in [5.74, 6) is 1.70. The molecule has 0 radical (unpaired) electrons. The molecule has 0 spiro atoms. The number of hydrogen-bond donors (Lipinski definition) is 1. The van der Waals surface area contributed by atoms with Crippen LogP contribution in [0.4, 0.5) is 0 Å². The summed E-state index contributed by atoms with van der Waals surface area (Å²) in [5, 5.41) is 3.56. The van der Waals surface area contributed by atoms with Crippen molar-refractivity contribution < 1.29 is 0 Å². The minimum absolute atomic E-state index is 0.728. The molecule has 1 heterocycles. The monoisotopic (exact) mass is 226 g/mol. The third kappa shape index (κ3) is 5.31. The van der Waals surface area contributed by atoms with E-state index >= 15 is 0 Å². The Hall–Kier alpha value is -0.0800. The van der Waals surface area contributed by atoms with E-state index in [9.17, 15) is 0 Å². The molecular weight excluding hydrogens is 196 g/mol. The first-order valence-corrected chi connectivity index (χ1v) is 7.04. The lowest BCUT2D eigenvalue weighted by Gasteiger charge is -2.35. The summed E-state index contributed by atoms with van der Waals surface area (Å²) < 4.78 is 0. The summed E-state index contributed by atoms with van der Waals surface area (Å²) >= 11 is 0. The Bertz CT molecular complexity index is 178. The topological polar surface area (TPSA) is 15.3 Å². The maximum Gasteiger partial charge on any atom is 0.00387 e. The highest BCUT2D eigenvalue weighted by atomic mass is 15.2. The highest BCUT2D eigenvalue weighted by Crippen LogP contribution is 2.20. The fraction of sp³-hybridized carbons (Fsp3) is 1.00. The SMILES string of the molecule is CC(C)CNCCC1CCCN(C(C)C)C1. The minimum atomic E-state index is 0.728. The highest BCUT2D eigenvalue weighted by molar-refractivity contribution is 4.75. The van der Waals surface area contributed by atoms with Crippen LogP contribution in [0, 0.1) is 11.8 Å². The lowest BCUT2D eigenvalue weighted by molar-refractivity contribution is 0.135. The molecule has 0 aromatic rings. The van der Waals surface area contributed by atoms with Crippen molar-refractivity contribution in [2.75, 3.05) is 26.2 Å². The molecule has 1 rings (SSSR count). The van der Waals surface area contributed by atoms with Crippen molar-refractivity contribution in [2.24, 2.45) is 11.8 Å². The molecule has 0 aliphatic carbocycles. The Morgan fingerprint density at radius 2 is 2.00 bits per heavy atom. The van der Waals surface area contributed by atoms with E-state index in [1.807, 2.05) is 0 Å². The summed E-state index contributed by atoms with van der Waals surface area (Å²) in [6.07, 6.45) is 4.19. The quantitative estimate of drug-likeness (QED) is 0.701. The molecule has 0 bridgehead atoms. The van der Waals surface area contributed by atoms with Gasteiger partial charge in [-0.15, -0.1) is 0 Å². The molecule has 1 aliphatic heterocycles. The summed E-state index contributed by atoms with van der Waals surface area (Å²) in [6.45, 7) is 14.2.